The molecule has 3 nitrogen and oxygen atoms in total. The number of carboxylic acids is 1. The molecule has 0 aromatic rings. The average molecular weight is 186 g/mol. The number of carbonyl (C=O) groups is 1. The molecule has 1 unspecified atom stereocenters. The minimum absolute atomic E-state index is 0.120. The van der Waals surface area contributed by atoms with Crippen molar-refractivity contribution in [2.24, 2.45) is 11.3 Å². The molecule has 76 valence electrons. The Bertz CT molecular complexity index is 187. The Labute approximate surface area is 79.1 Å². The third-order valence-electron chi connectivity index (χ3n) is 2.15. The van der Waals surface area contributed by atoms with Gasteiger partial charge in [0, 0.05) is 6.61 Å². The lowest BCUT2D eigenvalue weighted by atomic mass is 9.78. The van der Waals surface area contributed by atoms with Gasteiger partial charge in [0.25, 0.3) is 0 Å². The molecule has 0 amide bonds. The zero-order valence-corrected chi connectivity index (χ0v) is 8.29. The Kier molecular flexibility index (Phi) is 4.70. The summed E-state index contributed by atoms with van der Waals surface area (Å²) in [5.41, 5.74) is -0.955. The number of aliphatic hydroxyl groups is 1. The molecule has 3 heteroatoms. The molecular weight excluding hydrogens is 168 g/mol. The fourth-order valence-corrected chi connectivity index (χ4v) is 1.50. The maximum Gasteiger partial charge on any atom is 0.313 e. The van der Waals surface area contributed by atoms with Gasteiger partial charge in [0.15, 0.2) is 0 Å². The van der Waals surface area contributed by atoms with Crippen molar-refractivity contribution in [3.8, 4) is 0 Å². The molecular formula is C10H18O3. The molecule has 0 aliphatic rings. The lowest BCUT2D eigenvalue weighted by molar-refractivity contribution is -0.147. The van der Waals surface area contributed by atoms with Crippen LogP contribution in [0.3, 0.4) is 0 Å². The highest BCUT2D eigenvalue weighted by Gasteiger charge is 2.35. The van der Waals surface area contributed by atoms with Crippen molar-refractivity contribution >= 4 is 5.97 Å². The van der Waals surface area contributed by atoms with E-state index in [1.165, 1.54) is 6.08 Å². The van der Waals surface area contributed by atoms with Crippen molar-refractivity contribution in [3.63, 3.8) is 0 Å². The Morgan fingerprint density at radius 3 is 2.38 bits per heavy atom. The summed E-state index contributed by atoms with van der Waals surface area (Å²) < 4.78 is 0. The van der Waals surface area contributed by atoms with Crippen LogP contribution < -0.4 is 0 Å². The smallest absolute Gasteiger partial charge is 0.313 e. The first-order valence-corrected chi connectivity index (χ1v) is 4.46. The molecule has 0 aromatic carbocycles. The van der Waals surface area contributed by atoms with Crippen LogP contribution in [0.1, 0.15) is 26.7 Å². The fourth-order valence-electron chi connectivity index (χ4n) is 1.50. The predicted molar refractivity (Wildman–Crippen MR) is 51.4 cm³/mol. The van der Waals surface area contributed by atoms with Crippen LogP contribution in [0.5, 0.6) is 0 Å². The summed E-state index contributed by atoms with van der Waals surface area (Å²) in [7, 11) is 0. The summed E-state index contributed by atoms with van der Waals surface area (Å²) in [4.78, 5) is 11.0. The van der Waals surface area contributed by atoms with E-state index in [-0.39, 0.29) is 18.9 Å². The van der Waals surface area contributed by atoms with Gasteiger partial charge >= 0.3 is 5.97 Å². The second-order valence-corrected chi connectivity index (χ2v) is 3.74. The summed E-state index contributed by atoms with van der Waals surface area (Å²) in [6.45, 7) is 7.33. The highest BCUT2D eigenvalue weighted by molar-refractivity contribution is 5.76. The van der Waals surface area contributed by atoms with E-state index in [2.05, 4.69) is 6.58 Å². The van der Waals surface area contributed by atoms with E-state index in [0.717, 1.165) is 0 Å². The SMILES string of the molecule is C=CC(CCO)(CC(C)C)C(=O)O. The number of hydrogen-bond donors (Lipinski definition) is 2. The normalized spacial score (nSPS) is 15.4. The minimum Gasteiger partial charge on any atom is -0.481 e. The maximum atomic E-state index is 11.0. The molecule has 0 rings (SSSR count). The first-order chi connectivity index (χ1) is 5.98. The molecule has 0 saturated heterocycles. The van der Waals surface area contributed by atoms with Crippen molar-refractivity contribution < 1.29 is 15.0 Å². The third kappa shape index (κ3) is 3.19. The van der Waals surface area contributed by atoms with E-state index in [0.29, 0.717) is 6.42 Å². The summed E-state index contributed by atoms with van der Waals surface area (Å²) >= 11 is 0. The number of rotatable bonds is 6. The molecule has 0 heterocycles. The summed E-state index contributed by atoms with van der Waals surface area (Å²) in [6, 6.07) is 0. The highest BCUT2D eigenvalue weighted by Crippen LogP contribution is 2.31. The van der Waals surface area contributed by atoms with Gasteiger partial charge in [-0.15, -0.1) is 6.58 Å². The van der Waals surface area contributed by atoms with Crippen molar-refractivity contribution in [1.82, 2.24) is 0 Å². The molecule has 1 atom stereocenters. The molecule has 0 aliphatic heterocycles. The first-order valence-electron chi connectivity index (χ1n) is 4.46. The van der Waals surface area contributed by atoms with Crippen molar-refractivity contribution in [3.05, 3.63) is 12.7 Å². The van der Waals surface area contributed by atoms with E-state index in [1.807, 2.05) is 13.8 Å². The average Bonchev–Trinajstić information content (AvgIpc) is 2.02. The van der Waals surface area contributed by atoms with Gasteiger partial charge in [0.2, 0.25) is 0 Å². The van der Waals surface area contributed by atoms with Gasteiger partial charge in [-0.25, -0.2) is 0 Å². The molecule has 0 fully saturated rings. The van der Waals surface area contributed by atoms with Gasteiger partial charge in [0.1, 0.15) is 0 Å². The summed E-state index contributed by atoms with van der Waals surface area (Å²) in [5.74, 6) is -0.620. The van der Waals surface area contributed by atoms with E-state index in [4.69, 9.17) is 10.2 Å². The Morgan fingerprint density at radius 1 is 1.62 bits per heavy atom. The lowest BCUT2D eigenvalue weighted by Gasteiger charge is -2.26. The molecule has 0 spiro atoms. The fraction of sp³-hybridized carbons (Fsp3) is 0.700. The van der Waals surface area contributed by atoms with E-state index in [9.17, 15) is 4.79 Å². The van der Waals surface area contributed by atoms with Gasteiger partial charge in [-0.2, -0.15) is 0 Å². The number of carboxylic acid groups (broad SMARTS) is 1. The van der Waals surface area contributed by atoms with Crippen LogP contribution in [-0.2, 0) is 4.79 Å². The third-order valence-corrected chi connectivity index (χ3v) is 2.15. The minimum atomic E-state index is -0.955. The van der Waals surface area contributed by atoms with E-state index in [1.54, 1.807) is 0 Å². The summed E-state index contributed by atoms with van der Waals surface area (Å²) in [6.07, 6.45) is 2.20. The second kappa shape index (κ2) is 5.02. The Hall–Kier alpha value is -0.830. The maximum absolute atomic E-state index is 11.0. The molecule has 0 saturated carbocycles. The van der Waals surface area contributed by atoms with Crippen molar-refractivity contribution in [1.29, 1.82) is 0 Å². The van der Waals surface area contributed by atoms with Crippen LogP contribution in [0.2, 0.25) is 0 Å². The van der Waals surface area contributed by atoms with Gasteiger partial charge < -0.3 is 10.2 Å². The molecule has 0 radical (unpaired) electrons. The molecule has 2 N–H and O–H groups in total. The van der Waals surface area contributed by atoms with Crippen LogP contribution in [-0.4, -0.2) is 22.8 Å². The monoisotopic (exact) mass is 186 g/mol. The van der Waals surface area contributed by atoms with Crippen molar-refractivity contribution in [2.75, 3.05) is 6.61 Å². The molecule has 0 aliphatic carbocycles. The topological polar surface area (TPSA) is 57.5 Å². The molecule has 0 bridgehead atoms. The first kappa shape index (κ1) is 12.2. The number of hydrogen-bond acceptors (Lipinski definition) is 2. The highest BCUT2D eigenvalue weighted by atomic mass is 16.4. The van der Waals surface area contributed by atoms with Crippen LogP contribution >= 0.6 is 0 Å². The van der Waals surface area contributed by atoms with E-state index >= 15 is 0 Å². The van der Waals surface area contributed by atoms with Gasteiger partial charge in [-0.3, -0.25) is 4.79 Å². The number of aliphatic hydroxyl groups excluding tert-OH is 1. The molecule has 0 aromatic heterocycles. The largest absolute Gasteiger partial charge is 0.481 e. The van der Waals surface area contributed by atoms with Crippen molar-refractivity contribution in [2.45, 2.75) is 26.7 Å². The molecule has 13 heavy (non-hydrogen) atoms. The van der Waals surface area contributed by atoms with Crippen LogP contribution in [0.4, 0.5) is 0 Å². The van der Waals surface area contributed by atoms with Gasteiger partial charge in [0.05, 0.1) is 5.41 Å². The Balaban J connectivity index is 4.64. The standard InChI is InChI=1S/C10H18O3/c1-4-10(5-6-11,9(12)13)7-8(2)3/h4,8,11H,1,5-7H2,2-3H3,(H,12,13). The van der Waals surface area contributed by atoms with Gasteiger partial charge in [-0.1, -0.05) is 19.9 Å². The Morgan fingerprint density at radius 2 is 2.15 bits per heavy atom. The van der Waals surface area contributed by atoms with E-state index < -0.39 is 11.4 Å². The van der Waals surface area contributed by atoms with Crippen LogP contribution in [0.25, 0.3) is 0 Å². The van der Waals surface area contributed by atoms with Crippen LogP contribution in [0.15, 0.2) is 12.7 Å². The second-order valence-electron chi connectivity index (χ2n) is 3.74. The van der Waals surface area contributed by atoms with Crippen LogP contribution in [0, 0.1) is 11.3 Å². The zero-order valence-electron chi connectivity index (χ0n) is 8.29. The summed E-state index contributed by atoms with van der Waals surface area (Å²) in [5, 5.41) is 17.8. The quantitative estimate of drug-likeness (QED) is 0.620. The lowest BCUT2D eigenvalue weighted by Crippen LogP contribution is -2.31. The number of aliphatic carboxylic acids is 1. The zero-order chi connectivity index (χ0) is 10.5. The predicted octanol–water partition coefficient (Wildman–Crippen LogP) is 1.67. The van der Waals surface area contributed by atoms with Gasteiger partial charge in [-0.05, 0) is 18.8 Å².